The summed E-state index contributed by atoms with van der Waals surface area (Å²) in [5, 5.41) is 9.66. The van der Waals surface area contributed by atoms with E-state index in [-0.39, 0.29) is 11.2 Å². The van der Waals surface area contributed by atoms with Crippen LogP contribution in [0.1, 0.15) is 25.3 Å². The second kappa shape index (κ2) is 3.87. The summed E-state index contributed by atoms with van der Waals surface area (Å²) in [5.74, 6) is 0.555. The van der Waals surface area contributed by atoms with Crippen LogP contribution < -0.4 is 0 Å². The van der Waals surface area contributed by atoms with Crippen molar-refractivity contribution in [3.63, 3.8) is 0 Å². The highest BCUT2D eigenvalue weighted by Crippen LogP contribution is 2.50. The maximum atomic E-state index is 11.6. The largest absolute Gasteiger partial charge is 0.506 e. The lowest BCUT2D eigenvalue weighted by atomic mass is 9.92. The number of halogens is 2. The van der Waals surface area contributed by atoms with Crippen LogP contribution in [0.2, 0.25) is 0 Å². The molecule has 4 heteroatoms. The third-order valence-corrected chi connectivity index (χ3v) is 4.64. The molecule has 0 unspecified atom stereocenters. The fourth-order valence-corrected chi connectivity index (χ4v) is 3.58. The average molecular weight is 428 g/mol. The minimum atomic E-state index is -0.243. The molecule has 0 amide bonds. The Morgan fingerprint density at radius 1 is 1.33 bits per heavy atom. The highest BCUT2D eigenvalue weighted by molar-refractivity contribution is 14.1. The lowest BCUT2D eigenvalue weighted by Crippen LogP contribution is -2.17. The Morgan fingerprint density at radius 2 is 1.80 bits per heavy atom. The number of aromatic hydroxyl groups is 1. The zero-order chi connectivity index (χ0) is 11.2. The molecule has 1 aliphatic rings. The van der Waals surface area contributed by atoms with Gasteiger partial charge in [0.1, 0.15) is 11.5 Å². The van der Waals surface area contributed by atoms with E-state index in [4.69, 9.17) is 0 Å². The number of rotatable bonds is 2. The number of hydrogen-bond acceptors (Lipinski definition) is 2. The number of carbonyl (C=O) groups is 1. The van der Waals surface area contributed by atoms with Gasteiger partial charge in [-0.15, -0.1) is 0 Å². The predicted octanol–water partition coefficient (Wildman–Crippen LogP) is 3.22. The monoisotopic (exact) mass is 428 g/mol. The number of hydrogen-bond donors (Lipinski definition) is 1. The Hall–Kier alpha value is 0.150. The molecular weight excluding hydrogens is 418 g/mol. The minimum absolute atomic E-state index is 0.236. The smallest absolute Gasteiger partial charge is 0.142 e. The van der Waals surface area contributed by atoms with Crippen molar-refractivity contribution in [2.75, 3.05) is 0 Å². The number of carbonyl (C=O) groups excluding carboxylic acids is 1. The Bertz CT molecular complexity index is 413. The van der Waals surface area contributed by atoms with Crippen LogP contribution in [0.25, 0.3) is 0 Å². The third kappa shape index (κ3) is 1.90. The predicted molar refractivity (Wildman–Crippen MR) is 75.1 cm³/mol. The van der Waals surface area contributed by atoms with Crippen LogP contribution >= 0.6 is 45.2 Å². The molecule has 2 nitrogen and oxygen atoms in total. The van der Waals surface area contributed by atoms with E-state index in [9.17, 15) is 9.90 Å². The third-order valence-electron chi connectivity index (χ3n) is 2.99. The van der Waals surface area contributed by atoms with Gasteiger partial charge < -0.3 is 5.11 Å². The summed E-state index contributed by atoms with van der Waals surface area (Å²) in [6, 6.07) is 3.85. The van der Waals surface area contributed by atoms with E-state index in [2.05, 4.69) is 45.2 Å². The zero-order valence-corrected chi connectivity index (χ0v) is 12.5. The SMILES string of the molecule is CC(=O)C1(c2cc(I)c(O)c(I)c2)CC1. The molecule has 0 aliphatic heterocycles. The molecule has 0 spiro atoms. The molecule has 0 saturated heterocycles. The van der Waals surface area contributed by atoms with Crippen molar-refractivity contribution >= 4 is 51.0 Å². The number of phenols is 1. The summed E-state index contributed by atoms with van der Waals surface area (Å²) in [7, 11) is 0. The minimum Gasteiger partial charge on any atom is -0.506 e. The summed E-state index contributed by atoms with van der Waals surface area (Å²) < 4.78 is 1.64. The first-order chi connectivity index (χ1) is 6.97. The maximum absolute atomic E-state index is 11.6. The molecular formula is C11H10I2O2. The fourth-order valence-electron chi connectivity index (χ4n) is 1.81. The van der Waals surface area contributed by atoms with Crippen LogP contribution in [-0.4, -0.2) is 10.9 Å². The highest BCUT2D eigenvalue weighted by Gasteiger charge is 2.49. The van der Waals surface area contributed by atoms with Crippen molar-refractivity contribution in [3.05, 3.63) is 24.8 Å². The number of ketones is 1. The summed E-state index contributed by atoms with van der Waals surface area (Å²) in [5.41, 5.74) is 0.815. The van der Waals surface area contributed by atoms with Gasteiger partial charge in [0, 0.05) is 0 Å². The van der Waals surface area contributed by atoms with Gasteiger partial charge in [0.25, 0.3) is 0 Å². The van der Waals surface area contributed by atoms with E-state index in [0.29, 0.717) is 5.75 Å². The second-order valence-corrected chi connectivity index (χ2v) is 6.25. The number of benzene rings is 1. The molecule has 2 rings (SSSR count). The van der Waals surface area contributed by atoms with Gasteiger partial charge in [0.05, 0.1) is 12.6 Å². The molecule has 80 valence electrons. The van der Waals surface area contributed by atoms with Crippen molar-refractivity contribution in [1.82, 2.24) is 0 Å². The van der Waals surface area contributed by atoms with Gasteiger partial charge in [-0.3, -0.25) is 4.79 Å². The van der Waals surface area contributed by atoms with Crippen LogP contribution in [0.4, 0.5) is 0 Å². The van der Waals surface area contributed by atoms with Gasteiger partial charge in [-0.05, 0) is 82.6 Å². The van der Waals surface area contributed by atoms with Gasteiger partial charge >= 0.3 is 0 Å². The quantitative estimate of drug-likeness (QED) is 0.736. The van der Waals surface area contributed by atoms with E-state index >= 15 is 0 Å². The topological polar surface area (TPSA) is 37.3 Å². The fraction of sp³-hybridized carbons (Fsp3) is 0.364. The normalized spacial score (nSPS) is 17.5. The van der Waals surface area contributed by atoms with Gasteiger partial charge in [-0.1, -0.05) is 0 Å². The first-order valence-electron chi connectivity index (χ1n) is 4.67. The summed E-state index contributed by atoms with van der Waals surface area (Å²) in [6.07, 6.45) is 1.89. The highest BCUT2D eigenvalue weighted by atomic mass is 127. The summed E-state index contributed by atoms with van der Waals surface area (Å²) >= 11 is 4.20. The molecule has 0 bridgehead atoms. The average Bonchev–Trinajstić information content (AvgIpc) is 2.93. The first kappa shape index (κ1) is 11.6. The number of Topliss-reactive ketones (excluding diaryl/α,β-unsaturated/α-hetero) is 1. The van der Waals surface area contributed by atoms with Crippen molar-refractivity contribution < 1.29 is 9.90 Å². The van der Waals surface area contributed by atoms with Crippen molar-refractivity contribution in [2.24, 2.45) is 0 Å². The Morgan fingerprint density at radius 3 is 2.13 bits per heavy atom. The van der Waals surface area contributed by atoms with Crippen LogP contribution in [0.5, 0.6) is 5.75 Å². The van der Waals surface area contributed by atoms with Crippen LogP contribution in [0.15, 0.2) is 12.1 Å². The Kier molecular flexibility index (Phi) is 3.00. The van der Waals surface area contributed by atoms with Crippen LogP contribution in [-0.2, 0) is 10.2 Å². The molecule has 1 aromatic rings. The maximum Gasteiger partial charge on any atom is 0.142 e. The van der Waals surface area contributed by atoms with Gasteiger partial charge in [-0.2, -0.15) is 0 Å². The zero-order valence-electron chi connectivity index (χ0n) is 8.18. The van der Waals surface area contributed by atoms with E-state index < -0.39 is 0 Å². The van der Waals surface area contributed by atoms with E-state index in [1.807, 2.05) is 12.1 Å². The second-order valence-electron chi connectivity index (χ2n) is 3.93. The molecule has 1 N–H and O–H groups in total. The standard InChI is InChI=1S/C11H10I2O2/c1-6(14)11(2-3-11)7-4-8(12)10(15)9(13)5-7/h4-5,15H,2-3H2,1H3. The molecule has 1 aromatic carbocycles. The van der Waals surface area contributed by atoms with Gasteiger partial charge in [-0.25, -0.2) is 0 Å². The van der Waals surface area contributed by atoms with Gasteiger partial charge in [0.2, 0.25) is 0 Å². The molecule has 0 aromatic heterocycles. The molecule has 0 heterocycles. The lowest BCUT2D eigenvalue weighted by Gasteiger charge is -2.13. The van der Waals surface area contributed by atoms with Crippen molar-refractivity contribution in [3.8, 4) is 5.75 Å². The lowest BCUT2D eigenvalue weighted by molar-refractivity contribution is -0.119. The summed E-state index contributed by atoms with van der Waals surface area (Å²) in [4.78, 5) is 11.6. The molecule has 1 fully saturated rings. The molecule has 1 saturated carbocycles. The molecule has 0 radical (unpaired) electrons. The van der Waals surface area contributed by atoms with E-state index in [1.165, 1.54) is 0 Å². The molecule has 1 aliphatic carbocycles. The van der Waals surface area contributed by atoms with Crippen molar-refractivity contribution in [2.45, 2.75) is 25.2 Å². The van der Waals surface area contributed by atoms with E-state index in [1.54, 1.807) is 6.92 Å². The first-order valence-corrected chi connectivity index (χ1v) is 6.83. The van der Waals surface area contributed by atoms with Crippen LogP contribution in [0, 0.1) is 7.14 Å². The number of phenolic OH excluding ortho intramolecular Hbond substituents is 1. The van der Waals surface area contributed by atoms with Crippen molar-refractivity contribution in [1.29, 1.82) is 0 Å². The Balaban J connectivity index is 2.51. The molecule has 15 heavy (non-hydrogen) atoms. The van der Waals surface area contributed by atoms with Gasteiger partial charge in [0.15, 0.2) is 0 Å². The van der Waals surface area contributed by atoms with E-state index in [0.717, 1.165) is 25.5 Å². The molecule has 0 atom stereocenters. The Labute approximate surface area is 116 Å². The summed E-state index contributed by atoms with van der Waals surface area (Å²) in [6.45, 7) is 1.65. The van der Waals surface area contributed by atoms with Crippen LogP contribution in [0.3, 0.4) is 0 Å².